The van der Waals surface area contributed by atoms with Gasteiger partial charge in [0.15, 0.2) is 0 Å². The third kappa shape index (κ3) is 3.03. The largest absolute Gasteiger partial charge is 0.378 e. The van der Waals surface area contributed by atoms with Gasteiger partial charge in [-0.2, -0.15) is 4.31 Å². The van der Waals surface area contributed by atoms with Gasteiger partial charge in [0.2, 0.25) is 15.9 Å². The first-order chi connectivity index (χ1) is 10.5. The van der Waals surface area contributed by atoms with E-state index in [0.717, 1.165) is 6.42 Å². The van der Waals surface area contributed by atoms with Crippen LogP contribution in [0.1, 0.15) is 47.5 Å². The van der Waals surface area contributed by atoms with Crippen molar-refractivity contribution >= 4 is 15.9 Å². The van der Waals surface area contributed by atoms with E-state index >= 15 is 0 Å². The fraction of sp³-hybridized carbons (Fsp3) is 0.938. The molecule has 6 nitrogen and oxygen atoms in total. The van der Waals surface area contributed by atoms with Crippen molar-refractivity contribution in [2.45, 2.75) is 65.1 Å². The first-order valence-corrected chi connectivity index (χ1v) is 9.92. The summed E-state index contributed by atoms with van der Waals surface area (Å²) in [5.74, 6) is -0.123. The lowest BCUT2D eigenvalue weighted by Crippen LogP contribution is -2.70. The number of nitrogens with one attached hydrogen (secondary N) is 1. The molecule has 3 atom stereocenters. The highest BCUT2D eigenvalue weighted by Gasteiger charge is 2.58. The lowest BCUT2D eigenvalue weighted by molar-refractivity contribution is -0.183. The van der Waals surface area contributed by atoms with Gasteiger partial charge in [0.1, 0.15) is 6.04 Å². The van der Waals surface area contributed by atoms with Gasteiger partial charge in [-0.05, 0) is 25.7 Å². The van der Waals surface area contributed by atoms with Gasteiger partial charge < -0.3 is 10.1 Å². The normalized spacial score (nSPS) is 34.1. The number of rotatable bonds is 5. The van der Waals surface area contributed by atoms with Crippen LogP contribution in [-0.4, -0.2) is 55.7 Å². The fourth-order valence-corrected chi connectivity index (χ4v) is 5.54. The number of carbonyl (C=O) groups excluding carboxylic acids is 1. The number of methoxy groups -OCH3 is 1. The standard InChI is InChI=1S/C16H30N2O4S/c1-11(2)13(18-8-7-9-23(18,20)21)14(19)17-12-10-16(5,22-6)15(12,3)4/h11-13H,7-10H2,1-6H3,(H,17,19)/t12-,13+,16-/m1/s1. The highest BCUT2D eigenvalue weighted by Crippen LogP contribution is 2.51. The number of nitrogens with zero attached hydrogens (tertiary/aromatic N) is 1. The molecule has 1 saturated heterocycles. The van der Waals surface area contributed by atoms with Crippen LogP contribution >= 0.6 is 0 Å². The second kappa shape index (κ2) is 6.01. The lowest BCUT2D eigenvalue weighted by atomic mass is 9.55. The van der Waals surface area contributed by atoms with Crippen molar-refractivity contribution in [1.29, 1.82) is 0 Å². The summed E-state index contributed by atoms with van der Waals surface area (Å²) in [4.78, 5) is 12.8. The van der Waals surface area contributed by atoms with Gasteiger partial charge in [-0.1, -0.05) is 27.7 Å². The van der Waals surface area contributed by atoms with Crippen molar-refractivity contribution < 1.29 is 17.9 Å². The van der Waals surface area contributed by atoms with Gasteiger partial charge in [0, 0.05) is 25.1 Å². The number of hydrogen-bond acceptors (Lipinski definition) is 4. The number of sulfonamides is 1. The first-order valence-electron chi connectivity index (χ1n) is 8.31. The summed E-state index contributed by atoms with van der Waals surface area (Å²) in [7, 11) is -1.62. The molecular formula is C16H30N2O4S. The van der Waals surface area contributed by atoms with Crippen molar-refractivity contribution in [1.82, 2.24) is 9.62 Å². The van der Waals surface area contributed by atoms with E-state index in [9.17, 15) is 13.2 Å². The Hall–Kier alpha value is -0.660. The van der Waals surface area contributed by atoms with Gasteiger partial charge in [0.25, 0.3) is 0 Å². The van der Waals surface area contributed by atoms with E-state index in [0.29, 0.717) is 13.0 Å². The maximum Gasteiger partial charge on any atom is 0.238 e. The summed E-state index contributed by atoms with van der Waals surface area (Å²) < 4.78 is 31.3. The van der Waals surface area contributed by atoms with Crippen molar-refractivity contribution in [3.8, 4) is 0 Å². The monoisotopic (exact) mass is 346 g/mol. The van der Waals surface area contributed by atoms with Crippen molar-refractivity contribution in [3.05, 3.63) is 0 Å². The summed E-state index contributed by atoms with van der Waals surface area (Å²) in [5.41, 5.74) is -0.458. The smallest absolute Gasteiger partial charge is 0.238 e. The second-order valence-corrected chi connectivity index (χ2v) is 9.93. The molecule has 23 heavy (non-hydrogen) atoms. The molecule has 7 heteroatoms. The predicted molar refractivity (Wildman–Crippen MR) is 89.5 cm³/mol. The van der Waals surface area contributed by atoms with E-state index in [1.165, 1.54) is 4.31 Å². The van der Waals surface area contributed by atoms with Crippen LogP contribution in [0, 0.1) is 11.3 Å². The van der Waals surface area contributed by atoms with Crippen LogP contribution in [0.5, 0.6) is 0 Å². The molecule has 0 spiro atoms. The van der Waals surface area contributed by atoms with E-state index in [4.69, 9.17) is 4.74 Å². The molecule has 0 aromatic rings. The van der Waals surface area contributed by atoms with Crippen LogP contribution in [0.4, 0.5) is 0 Å². The zero-order valence-electron chi connectivity index (χ0n) is 15.0. The molecule has 2 aliphatic rings. The Kier molecular flexibility index (Phi) is 4.88. The second-order valence-electron chi connectivity index (χ2n) is 7.89. The van der Waals surface area contributed by atoms with Crippen LogP contribution in [0.3, 0.4) is 0 Å². The fourth-order valence-electron chi connectivity index (χ4n) is 3.72. The van der Waals surface area contributed by atoms with Crippen LogP contribution in [0.25, 0.3) is 0 Å². The molecule has 2 fully saturated rings. The summed E-state index contributed by atoms with van der Waals surface area (Å²) in [6, 6.07) is -0.640. The van der Waals surface area contributed by atoms with Crippen LogP contribution in [-0.2, 0) is 19.6 Å². The minimum atomic E-state index is -3.31. The van der Waals surface area contributed by atoms with Gasteiger partial charge in [-0.15, -0.1) is 0 Å². The van der Waals surface area contributed by atoms with E-state index in [-0.39, 0.29) is 34.6 Å². The highest BCUT2D eigenvalue weighted by atomic mass is 32.2. The third-order valence-electron chi connectivity index (χ3n) is 5.94. The SMILES string of the molecule is CO[C@]1(C)C[C@@H](NC(=O)[C@H](C(C)C)N2CCCS2(=O)=O)C1(C)C. The molecule has 0 aromatic carbocycles. The Bertz CT molecular complexity index is 573. The molecule has 1 heterocycles. The first kappa shape index (κ1) is 18.7. The number of ether oxygens (including phenoxy) is 1. The molecule has 2 rings (SSSR count). The van der Waals surface area contributed by atoms with Crippen molar-refractivity contribution in [2.75, 3.05) is 19.4 Å². The minimum absolute atomic E-state index is 0.00786. The molecular weight excluding hydrogens is 316 g/mol. The zero-order chi connectivity index (χ0) is 17.6. The van der Waals surface area contributed by atoms with Crippen LogP contribution < -0.4 is 5.32 Å². The summed E-state index contributed by atoms with van der Waals surface area (Å²) in [5, 5.41) is 3.07. The van der Waals surface area contributed by atoms with E-state index < -0.39 is 16.1 Å². The molecule has 1 aliphatic heterocycles. The van der Waals surface area contributed by atoms with Crippen molar-refractivity contribution in [2.24, 2.45) is 11.3 Å². The maximum atomic E-state index is 12.8. The Morgan fingerprint density at radius 3 is 2.30 bits per heavy atom. The Morgan fingerprint density at radius 1 is 1.30 bits per heavy atom. The molecule has 0 radical (unpaired) electrons. The van der Waals surface area contributed by atoms with Crippen LogP contribution in [0.15, 0.2) is 0 Å². The van der Waals surface area contributed by atoms with E-state index in [2.05, 4.69) is 19.2 Å². The van der Waals surface area contributed by atoms with Crippen molar-refractivity contribution in [3.63, 3.8) is 0 Å². The molecule has 0 bridgehead atoms. The lowest BCUT2D eigenvalue weighted by Gasteiger charge is -2.59. The Labute approximate surface area is 140 Å². The number of carbonyl (C=O) groups is 1. The predicted octanol–water partition coefficient (Wildman–Crippen LogP) is 1.37. The molecule has 1 aliphatic carbocycles. The van der Waals surface area contributed by atoms with Gasteiger partial charge in [0.05, 0.1) is 11.4 Å². The molecule has 0 aromatic heterocycles. The van der Waals surface area contributed by atoms with Gasteiger partial charge in [-0.25, -0.2) is 8.42 Å². The summed E-state index contributed by atoms with van der Waals surface area (Å²) in [6.07, 6.45) is 1.33. The molecule has 1 saturated carbocycles. The summed E-state index contributed by atoms with van der Waals surface area (Å²) >= 11 is 0. The highest BCUT2D eigenvalue weighted by molar-refractivity contribution is 7.89. The topological polar surface area (TPSA) is 75.7 Å². The zero-order valence-corrected chi connectivity index (χ0v) is 15.9. The third-order valence-corrected chi connectivity index (χ3v) is 7.87. The van der Waals surface area contributed by atoms with Gasteiger partial charge >= 0.3 is 0 Å². The maximum absolute atomic E-state index is 12.8. The van der Waals surface area contributed by atoms with E-state index in [1.807, 2.05) is 20.8 Å². The van der Waals surface area contributed by atoms with Crippen LogP contribution in [0.2, 0.25) is 0 Å². The quantitative estimate of drug-likeness (QED) is 0.816. The molecule has 1 N–H and O–H groups in total. The Balaban J connectivity index is 2.12. The minimum Gasteiger partial charge on any atom is -0.378 e. The van der Waals surface area contributed by atoms with Gasteiger partial charge in [-0.3, -0.25) is 4.79 Å². The summed E-state index contributed by atoms with van der Waals surface area (Å²) in [6.45, 7) is 10.4. The van der Waals surface area contributed by atoms with E-state index in [1.54, 1.807) is 7.11 Å². The number of amides is 1. The number of hydrogen-bond donors (Lipinski definition) is 1. The average Bonchev–Trinajstić information content (AvgIpc) is 2.77. The molecule has 0 unspecified atom stereocenters. The average molecular weight is 346 g/mol. The molecule has 1 amide bonds. The molecule has 134 valence electrons. The Morgan fingerprint density at radius 2 is 1.91 bits per heavy atom.